The second kappa shape index (κ2) is 8.57. The van der Waals surface area contributed by atoms with Crippen LogP contribution in [0.2, 0.25) is 0 Å². The Morgan fingerprint density at radius 2 is 1.76 bits per heavy atom. The van der Waals surface area contributed by atoms with Gasteiger partial charge in [0, 0.05) is 24.4 Å². The predicted octanol–water partition coefficient (Wildman–Crippen LogP) is 4.63. The zero-order valence-electron chi connectivity index (χ0n) is 21.0. The van der Waals surface area contributed by atoms with E-state index in [1.54, 1.807) is 38.7 Å². The number of imidazole rings is 1. The van der Waals surface area contributed by atoms with Crippen LogP contribution in [-0.2, 0) is 6.54 Å². The SMILES string of the molecule is CCN1C(=O)c2nc(-c3cnn(-c4ccc(F)cc4)c3)n(Cc3ccc(F)cc3F)c2N2CC(C)(C)N=C12. The maximum atomic E-state index is 14.8. The Labute approximate surface area is 216 Å². The van der Waals surface area contributed by atoms with Gasteiger partial charge in [0.1, 0.15) is 29.1 Å². The highest BCUT2D eigenvalue weighted by Crippen LogP contribution is 2.38. The number of halogens is 3. The molecule has 2 aromatic carbocycles. The maximum Gasteiger partial charge on any atom is 0.283 e. The lowest BCUT2D eigenvalue weighted by atomic mass is 10.1. The average Bonchev–Trinajstić information content (AvgIpc) is 3.57. The number of guanidine groups is 1. The molecule has 0 N–H and O–H groups in total. The molecule has 8 nitrogen and oxygen atoms in total. The molecule has 11 heteroatoms. The van der Waals surface area contributed by atoms with E-state index >= 15 is 0 Å². The molecule has 0 fully saturated rings. The number of aromatic nitrogens is 4. The van der Waals surface area contributed by atoms with Crippen molar-refractivity contribution in [3.63, 3.8) is 0 Å². The number of carbonyl (C=O) groups is 1. The molecule has 0 bridgehead atoms. The molecular formula is C27H24F3N7O. The highest BCUT2D eigenvalue weighted by Gasteiger charge is 2.46. The minimum atomic E-state index is -0.701. The zero-order chi connectivity index (χ0) is 26.8. The summed E-state index contributed by atoms with van der Waals surface area (Å²) in [5.41, 5.74) is 1.19. The Kier molecular flexibility index (Phi) is 5.41. The zero-order valence-corrected chi connectivity index (χ0v) is 21.0. The summed E-state index contributed by atoms with van der Waals surface area (Å²) in [7, 11) is 0. The number of carbonyl (C=O) groups excluding carboxylic acids is 1. The first-order valence-electron chi connectivity index (χ1n) is 12.2. The van der Waals surface area contributed by atoms with Gasteiger partial charge in [-0.25, -0.2) is 27.8 Å². The van der Waals surface area contributed by atoms with Crippen molar-refractivity contribution in [3.8, 4) is 17.1 Å². The fourth-order valence-corrected chi connectivity index (χ4v) is 4.93. The Morgan fingerprint density at radius 1 is 1.03 bits per heavy atom. The standard InChI is InChI=1S/C27H24F3N7O/c1-4-34-25(38)22-24(36-15-27(2,3)33-26(34)36)35(13-16-5-6-19(29)11-21(16)30)23(32-22)17-12-31-37(14-17)20-9-7-18(28)8-10-20/h5-12,14H,4,13,15H2,1-3H3. The molecule has 1 amide bonds. The van der Waals surface area contributed by atoms with Gasteiger partial charge in [0.15, 0.2) is 5.69 Å². The Bertz CT molecular complexity index is 1600. The van der Waals surface area contributed by atoms with Crippen molar-refractivity contribution in [1.82, 2.24) is 24.2 Å². The molecule has 4 heterocycles. The molecule has 194 valence electrons. The molecule has 0 saturated carbocycles. The van der Waals surface area contributed by atoms with Crippen molar-refractivity contribution in [2.45, 2.75) is 32.9 Å². The van der Waals surface area contributed by atoms with E-state index in [0.717, 1.165) is 6.07 Å². The molecule has 0 saturated heterocycles. The molecule has 0 unspecified atom stereocenters. The smallest absolute Gasteiger partial charge is 0.283 e. The third kappa shape index (κ3) is 3.85. The van der Waals surface area contributed by atoms with Crippen LogP contribution in [0.15, 0.2) is 59.9 Å². The van der Waals surface area contributed by atoms with Crippen LogP contribution >= 0.6 is 0 Å². The quantitative estimate of drug-likeness (QED) is 0.386. The van der Waals surface area contributed by atoms with E-state index in [0.29, 0.717) is 41.9 Å². The number of amides is 1. The largest absolute Gasteiger partial charge is 0.305 e. The van der Waals surface area contributed by atoms with E-state index in [4.69, 9.17) is 9.98 Å². The van der Waals surface area contributed by atoms with Gasteiger partial charge in [0.05, 0.1) is 36.1 Å². The topological polar surface area (TPSA) is 71.6 Å². The van der Waals surface area contributed by atoms with Gasteiger partial charge in [-0.3, -0.25) is 14.6 Å². The summed E-state index contributed by atoms with van der Waals surface area (Å²) in [6, 6.07) is 9.27. The van der Waals surface area contributed by atoms with Crippen LogP contribution in [0.25, 0.3) is 17.1 Å². The minimum absolute atomic E-state index is 0.00484. The van der Waals surface area contributed by atoms with Crippen LogP contribution in [-0.4, -0.2) is 54.7 Å². The van der Waals surface area contributed by atoms with Gasteiger partial charge in [-0.05, 0) is 51.1 Å². The summed E-state index contributed by atoms with van der Waals surface area (Å²) < 4.78 is 45.2. The number of anilines is 1. The average molecular weight is 520 g/mol. The molecule has 38 heavy (non-hydrogen) atoms. The Balaban J connectivity index is 1.53. The van der Waals surface area contributed by atoms with Crippen LogP contribution in [0, 0.1) is 17.5 Å². The van der Waals surface area contributed by atoms with Gasteiger partial charge in [0.25, 0.3) is 5.91 Å². The van der Waals surface area contributed by atoms with Crippen molar-refractivity contribution in [1.29, 1.82) is 0 Å². The van der Waals surface area contributed by atoms with E-state index in [1.807, 2.05) is 25.7 Å². The fraction of sp³-hybridized carbons (Fsp3) is 0.259. The van der Waals surface area contributed by atoms with Gasteiger partial charge in [0.2, 0.25) is 5.96 Å². The molecule has 0 atom stereocenters. The first-order chi connectivity index (χ1) is 18.1. The third-order valence-electron chi connectivity index (χ3n) is 6.67. The van der Waals surface area contributed by atoms with Crippen molar-refractivity contribution in [2.24, 2.45) is 4.99 Å². The summed E-state index contributed by atoms with van der Waals surface area (Å²) >= 11 is 0. The number of rotatable bonds is 5. The Hall–Kier alpha value is -4.41. The molecule has 0 aliphatic carbocycles. The lowest BCUT2D eigenvalue weighted by molar-refractivity contribution is 0.0841. The number of hydrogen-bond donors (Lipinski definition) is 0. The first kappa shape index (κ1) is 24.0. The summed E-state index contributed by atoms with van der Waals surface area (Å²) in [5.74, 6) is -0.641. The van der Waals surface area contributed by atoms with Crippen molar-refractivity contribution in [3.05, 3.63) is 83.6 Å². The van der Waals surface area contributed by atoms with Gasteiger partial charge < -0.3 is 4.57 Å². The van der Waals surface area contributed by atoms with E-state index in [1.165, 1.54) is 24.3 Å². The molecule has 0 radical (unpaired) electrons. The lowest BCUT2D eigenvalue weighted by Gasteiger charge is -2.34. The lowest BCUT2D eigenvalue weighted by Crippen LogP contribution is -2.51. The number of hydrogen-bond acceptors (Lipinski definition) is 5. The molecule has 2 aliphatic rings. The van der Waals surface area contributed by atoms with Crippen LogP contribution in [0.3, 0.4) is 0 Å². The van der Waals surface area contributed by atoms with Crippen LogP contribution < -0.4 is 4.90 Å². The second-order valence-electron chi connectivity index (χ2n) is 9.94. The number of nitrogens with zero attached hydrogens (tertiary/aromatic N) is 7. The van der Waals surface area contributed by atoms with E-state index in [2.05, 4.69) is 5.10 Å². The minimum Gasteiger partial charge on any atom is -0.305 e. The van der Waals surface area contributed by atoms with Crippen LogP contribution in [0.4, 0.5) is 19.0 Å². The molecule has 2 aromatic heterocycles. The predicted molar refractivity (Wildman–Crippen MR) is 136 cm³/mol. The third-order valence-corrected chi connectivity index (χ3v) is 6.67. The normalized spacial score (nSPS) is 16.1. The first-order valence-corrected chi connectivity index (χ1v) is 12.2. The molecule has 6 rings (SSSR count). The Morgan fingerprint density at radius 3 is 2.47 bits per heavy atom. The van der Waals surface area contributed by atoms with Gasteiger partial charge in [-0.2, -0.15) is 5.10 Å². The highest BCUT2D eigenvalue weighted by atomic mass is 19.1. The molecule has 4 aromatic rings. The van der Waals surface area contributed by atoms with Crippen LogP contribution in [0.5, 0.6) is 0 Å². The van der Waals surface area contributed by atoms with Crippen molar-refractivity contribution in [2.75, 3.05) is 18.0 Å². The fourth-order valence-electron chi connectivity index (χ4n) is 4.93. The van der Waals surface area contributed by atoms with Gasteiger partial charge in [-0.1, -0.05) is 6.07 Å². The summed E-state index contributed by atoms with van der Waals surface area (Å²) in [4.78, 5) is 26.6. The van der Waals surface area contributed by atoms with E-state index in [9.17, 15) is 18.0 Å². The summed E-state index contributed by atoms with van der Waals surface area (Å²) in [5, 5.41) is 4.40. The summed E-state index contributed by atoms with van der Waals surface area (Å²) in [6.07, 6.45) is 3.29. The van der Waals surface area contributed by atoms with E-state index in [-0.39, 0.29) is 29.5 Å². The monoisotopic (exact) mass is 519 g/mol. The van der Waals surface area contributed by atoms with Gasteiger partial charge >= 0.3 is 0 Å². The number of aliphatic imine (C=N–C) groups is 1. The molecular weight excluding hydrogens is 495 g/mol. The van der Waals surface area contributed by atoms with Gasteiger partial charge in [-0.15, -0.1) is 0 Å². The van der Waals surface area contributed by atoms with Crippen molar-refractivity contribution >= 4 is 17.7 Å². The summed E-state index contributed by atoms with van der Waals surface area (Å²) in [6.45, 7) is 6.71. The highest BCUT2D eigenvalue weighted by molar-refractivity contribution is 6.18. The van der Waals surface area contributed by atoms with Crippen molar-refractivity contribution < 1.29 is 18.0 Å². The van der Waals surface area contributed by atoms with E-state index < -0.39 is 17.2 Å². The number of fused-ring (bicyclic) bond motifs is 3. The molecule has 2 aliphatic heterocycles. The molecule has 0 spiro atoms. The maximum absolute atomic E-state index is 14.8. The second-order valence-corrected chi connectivity index (χ2v) is 9.94. The number of benzene rings is 2. The van der Waals surface area contributed by atoms with Crippen LogP contribution in [0.1, 0.15) is 36.8 Å².